The van der Waals surface area contributed by atoms with Crippen molar-refractivity contribution < 1.29 is 4.74 Å². The molecule has 0 saturated carbocycles. The highest BCUT2D eigenvalue weighted by Crippen LogP contribution is 2.18. The molecule has 21 heavy (non-hydrogen) atoms. The molecule has 2 unspecified atom stereocenters. The van der Waals surface area contributed by atoms with Crippen LogP contribution in [0.4, 0.5) is 0 Å². The molecule has 4 heteroatoms. The van der Waals surface area contributed by atoms with Gasteiger partial charge in [-0.1, -0.05) is 19.1 Å². The molecule has 0 saturated heterocycles. The van der Waals surface area contributed by atoms with Gasteiger partial charge in [-0.3, -0.25) is 0 Å². The van der Waals surface area contributed by atoms with E-state index in [1.54, 1.807) is 7.11 Å². The zero-order valence-electron chi connectivity index (χ0n) is 13.6. The average Bonchev–Trinajstić information content (AvgIpc) is 2.84. The molecule has 0 fully saturated rings. The summed E-state index contributed by atoms with van der Waals surface area (Å²) in [6, 6.07) is 8.78. The van der Waals surface area contributed by atoms with Gasteiger partial charge in [0.25, 0.3) is 0 Å². The monoisotopic (exact) mass is 289 g/mol. The number of benzene rings is 1. The molecule has 1 aromatic heterocycles. The average molecular weight is 289 g/mol. The molecule has 0 aliphatic rings. The summed E-state index contributed by atoms with van der Waals surface area (Å²) < 4.78 is 7.75. The Kier molecular flexibility index (Phi) is 5.76. The van der Waals surface area contributed by atoms with E-state index in [2.05, 4.69) is 48.0 Å². The molecule has 0 aliphatic heterocycles. The van der Waals surface area contributed by atoms with Crippen molar-refractivity contribution in [2.75, 3.05) is 14.2 Å². The third-order valence-electron chi connectivity index (χ3n) is 4.04. The Hall–Kier alpha value is -1.39. The number of ether oxygens (including phenoxy) is 1. The van der Waals surface area contributed by atoms with Crippen LogP contribution in [0.1, 0.15) is 32.5 Å². The van der Waals surface area contributed by atoms with Gasteiger partial charge in [0, 0.05) is 26.1 Å². The van der Waals surface area contributed by atoms with Crippen LogP contribution in [0, 0.1) is 0 Å². The van der Waals surface area contributed by atoms with Crippen LogP contribution < -0.4 is 5.32 Å². The lowest BCUT2D eigenvalue weighted by molar-refractivity contribution is 0.101. The summed E-state index contributed by atoms with van der Waals surface area (Å²) in [7, 11) is 3.78. The number of para-hydroxylation sites is 2. The Balaban J connectivity index is 2.25. The van der Waals surface area contributed by atoms with Gasteiger partial charge in [0.15, 0.2) is 0 Å². The molecule has 1 aromatic carbocycles. The first-order valence-electron chi connectivity index (χ1n) is 7.83. The van der Waals surface area contributed by atoms with E-state index < -0.39 is 0 Å². The normalized spacial score (nSPS) is 14.5. The van der Waals surface area contributed by atoms with E-state index in [-0.39, 0.29) is 6.10 Å². The quantitative estimate of drug-likeness (QED) is 0.812. The number of hydrogen-bond acceptors (Lipinski definition) is 3. The largest absolute Gasteiger partial charge is 0.382 e. The smallest absolute Gasteiger partial charge is 0.111 e. The predicted molar refractivity (Wildman–Crippen MR) is 87.7 cm³/mol. The van der Waals surface area contributed by atoms with Crippen LogP contribution in [0.5, 0.6) is 0 Å². The Bertz CT molecular complexity index is 564. The maximum absolute atomic E-state index is 5.39. The number of likely N-dealkylation sites (N-methyl/N-ethyl adjacent to an activating group) is 1. The number of fused-ring (bicyclic) bond motifs is 1. The Morgan fingerprint density at radius 3 is 2.76 bits per heavy atom. The molecule has 4 nitrogen and oxygen atoms in total. The molecule has 0 bridgehead atoms. The van der Waals surface area contributed by atoms with Crippen LogP contribution in [-0.4, -0.2) is 35.9 Å². The third kappa shape index (κ3) is 3.83. The molecule has 2 atom stereocenters. The van der Waals surface area contributed by atoms with Crippen LogP contribution in [0.25, 0.3) is 11.0 Å². The number of methoxy groups -OCH3 is 1. The highest BCUT2D eigenvalue weighted by molar-refractivity contribution is 5.75. The molecule has 0 aliphatic carbocycles. The molecule has 2 aromatic rings. The number of hydrogen-bond donors (Lipinski definition) is 1. The number of nitrogens with zero attached hydrogens (tertiary/aromatic N) is 2. The number of aryl methyl sites for hydroxylation is 1. The van der Waals surface area contributed by atoms with Gasteiger partial charge in [0.1, 0.15) is 5.82 Å². The van der Waals surface area contributed by atoms with Gasteiger partial charge < -0.3 is 14.6 Å². The van der Waals surface area contributed by atoms with Crippen molar-refractivity contribution in [3.63, 3.8) is 0 Å². The first kappa shape index (κ1) is 16.0. The van der Waals surface area contributed by atoms with Gasteiger partial charge in [-0.2, -0.15) is 0 Å². The van der Waals surface area contributed by atoms with Gasteiger partial charge in [-0.05, 0) is 38.9 Å². The van der Waals surface area contributed by atoms with Crippen molar-refractivity contribution in [2.45, 2.75) is 51.8 Å². The van der Waals surface area contributed by atoms with Crippen molar-refractivity contribution in [2.24, 2.45) is 0 Å². The van der Waals surface area contributed by atoms with Crippen molar-refractivity contribution in [3.8, 4) is 0 Å². The van der Waals surface area contributed by atoms with Crippen molar-refractivity contribution in [1.29, 1.82) is 0 Å². The highest BCUT2D eigenvalue weighted by Gasteiger charge is 2.17. The lowest BCUT2D eigenvalue weighted by Gasteiger charge is -2.20. The molecule has 0 spiro atoms. The summed E-state index contributed by atoms with van der Waals surface area (Å²) >= 11 is 0. The fourth-order valence-corrected chi connectivity index (χ4v) is 2.77. The molecular weight excluding hydrogens is 262 g/mol. The molecule has 2 rings (SSSR count). The van der Waals surface area contributed by atoms with Crippen LogP contribution in [0.15, 0.2) is 24.3 Å². The standard InChI is InChI=1S/C17H27N3O/c1-5-10-20-16-9-7-6-8-15(16)19-17(20)12-14(18-3)11-13(2)21-4/h6-9,13-14,18H,5,10-12H2,1-4H3. The van der Waals surface area contributed by atoms with E-state index in [4.69, 9.17) is 9.72 Å². The van der Waals surface area contributed by atoms with Crippen molar-refractivity contribution in [1.82, 2.24) is 14.9 Å². The van der Waals surface area contributed by atoms with Gasteiger partial charge in [0.2, 0.25) is 0 Å². The molecule has 0 amide bonds. The Morgan fingerprint density at radius 2 is 2.10 bits per heavy atom. The second-order valence-corrected chi connectivity index (χ2v) is 5.64. The SMILES string of the molecule is CCCn1c(CC(CC(C)OC)NC)nc2ccccc21. The molecule has 1 N–H and O–H groups in total. The predicted octanol–water partition coefficient (Wildman–Crippen LogP) is 3.00. The zero-order valence-corrected chi connectivity index (χ0v) is 13.6. The van der Waals surface area contributed by atoms with E-state index in [1.807, 2.05) is 7.05 Å². The summed E-state index contributed by atoms with van der Waals surface area (Å²) in [6.45, 7) is 5.34. The van der Waals surface area contributed by atoms with Crippen LogP contribution >= 0.6 is 0 Å². The minimum absolute atomic E-state index is 0.256. The first-order chi connectivity index (χ1) is 10.2. The zero-order chi connectivity index (χ0) is 15.2. The van der Waals surface area contributed by atoms with Crippen LogP contribution in [-0.2, 0) is 17.7 Å². The maximum atomic E-state index is 5.39. The lowest BCUT2D eigenvalue weighted by Crippen LogP contribution is -2.32. The minimum atomic E-state index is 0.256. The lowest BCUT2D eigenvalue weighted by atomic mass is 10.1. The van der Waals surface area contributed by atoms with Gasteiger partial charge >= 0.3 is 0 Å². The van der Waals surface area contributed by atoms with Crippen LogP contribution in [0.3, 0.4) is 0 Å². The van der Waals surface area contributed by atoms with E-state index in [9.17, 15) is 0 Å². The van der Waals surface area contributed by atoms with Gasteiger partial charge in [-0.15, -0.1) is 0 Å². The van der Waals surface area contributed by atoms with Crippen molar-refractivity contribution in [3.05, 3.63) is 30.1 Å². The second-order valence-electron chi connectivity index (χ2n) is 5.64. The second kappa shape index (κ2) is 7.57. The third-order valence-corrected chi connectivity index (χ3v) is 4.04. The summed E-state index contributed by atoms with van der Waals surface area (Å²) in [4.78, 5) is 4.83. The van der Waals surface area contributed by atoms with Crippen LogP contribution in [0.2, 0.25) is 0 Å². The fourth-order valence-electron chi connectivity index (χ4n) is 2.77. The van der Waals surface area contributed by atoms with Crippen molar-refractivity contribution >= 4 is 11.0 Å². The van der Waals surface area contributed by atoms with E-state index in [0.717, 1.165) is 31.3 Å². The Morgan fingerprint density at radius 1 is 1.33 bits per heavy atom. The molecule has 1 heterocycles. The minimum Gasteiger partial charge on any atom is -0.382 e. The number of imidazole rings is 1. The number of rotatable bonds is 8. The maximum Gasteiger partial charge on any atom is 0.111 e. The highest BCUT2D eigenvalue weighted by atomic mass is 16.5. The molecule has 116 valence electrons. The topological polar surface area (TPSA) is 39.1 Å². The first-order valence-corrected chi connectivity index (χ1v) is 7.83. The van der Waals surface area contributed by atoms with E-state index in [0.29, 0.717) is 6.04 Å². The summed E-state index contributed by atoms with van der Waals surface area (Å²) in [6.07, 6.45) is 3.29. The molecule has 0 radical (unpaired) electrons. The van der Waals surface area contributed by atoms with E-state index >= 15 is 0 Å². The fraction of sp³-hybridized carbons (Fsp3) is 0.588. The summed E-state index contributed by atoms with van der Waals surface area (Å²) in [5, 5.41) is 3.40. The Labute approximate surface area is 127 Å². The van der Waals surface area contributed by atoms with Gasteiger partial charge in [-0.25, -0.2) is 4.98 Å². The number of nitrogens with one attached hydrogen (secondary N) is 1. The summed E-state index contributed by atoms with van der Waals surface area (Å²) in [5.41, 5.74) is 2.33. The molecular formula is C17H27N3O. The summed E-state index contributed by atoms with van der Waals surface area (Å²) in [5.74, 6) is 1.17. The van der Waals surface area contributed by atoms with E-state index in [1.165, 1.54) is 11.3 Å². The van der Waals surface area contributed by atoms with Gasteiger partial charge in [0.05, 0.1) is 17.1 Å². The number of aromatic nitrogens is 2.